The number of benzene rings is 2. The number of fused-ring (bicyclic) bond motifs is 1. The summed E-state index contributed by atoms with van der Waals surface area (Å²) in [5.74, 6) is 0. The number of rotatable bonds is 4. The second-order valence-corrected chi connectivity index (χ2v) is 6.67. The van der Waals surface area contributed by atoms with Gasteiger partial charge in [-0.1, -0.05) is 48.5 Å². The van der Waals surface area contributed by atoms with Crippen molar-refractivity contribution in [2.75, 3.05) is 6.26 Å². The second kappa shape index (κ2) is 5.66. The van der Waals surface area contributed by atoms with Crippen molar-refractivity contribution >= 4 is 23.2 Å². The highest BCUT2D eigenvalue weighted by atomic mass is 32.2. The third-order valence-electron chi connectivity index (χ3n) is 4.20. The molecule has 3 heteroatoms. The van der Waals surface area contributed by atoms with Crippen molar-refractivity contribution in [3.63, 3.8) is 0 Å². The van der Waals surface area contributed by atoms with Gasteiger partial charge >= 0.3 is 0 Å². The van der Waals surface area contributed by atoms with E-state index in [0.29, 0.717) is 6.42 Å². The van der Waals surface area contributed by atoms with Crippen LogP contribution in [0, 0.1) is 0 Å². The van der Waals surface area contributed by atoms with E-state index < -0.39 is 6.10 Å². The highest BCUT2D eigenvalue weighted by Crippen LogP contribution is 2.48. The van der Waals surface area contributed by atoms with Crippen LogP contribution in [0.2, 0.25) is 0 Å². The lowest BCUT2D eigenvalue weighted by atomic mass is 9.92. The van der Waals surface area contributed by atoms with E-state index in [1.807, 2.05) is 42.5 Å². The molecule has 0 amide bonds. The zero-order valence-corrected chi connectivity index (χ0v) is 13.1. The van der Waals surface area contributed by atoms with Gasteiger partial charge < -0.3 is 5.11 Å². The van der Waals surface area contributed by atoms with Crippen molar-refractivity contribution in [2.24, 2.45) is 4.99 Å². The van der Waals surface area contributed by atoms with Crippen LogP contribution in [-0.2, 0) is 4.75 Å². The van der Waals surface area contributed by atoms with E-state index in [-0.39, 0.29) is 4.75 Å². The van der Waals surface area contributed by atoms with Gasteiger partial charge in [-0.05, 0) is 30.4 Å². The number of para-hydroxylation sites is 1. The molecular weight excluding hydrogens is 278 g/mol. The first-order chi connectivity index (χ1) is 10.1. The average Bonchev–Trinajstić information content (AvgIpc) is 2.81. The monoisotopic (exact) mass is 297 g/mol. The maximum Gasteiger partial charge on any atom is 0.0842 e. The molecule has 0 saturated heterocycles. The predicted octanol–water partition coefficient (Wildman–Crippen LogP) is 4.47. The highest BCUT2D eigenvalue weighted by molar-refractivity contribution is 8.00. The molecule has 0 fully saturated rings. The third kappa shape index (κ3) is 2.52. The van der Waals surface area contributed by atoms with Gasteiger partial charge in [0, 0.05) is 12.1 Å². The van der Waals surface area contributed by atoms with E-state index in [4.69, 9.17) is 4.99 Å². The van der Waals surface area contributed by atoms with Gasteiger partial charge in [-0.25, -0.2) is 0 Å². The number of aliphatic imine (C=N–C) groups is 1. The van der Waals surface area contributed by atoms with E-state index in [1.54, 1.807) is 11.8 Å². The fourth-order valence-electron chi connectivity index (χ4n) is 2.83. The Kier molecular flexibility index (Phi) is 3.87. The number of hydrogen-bond donors (Lipinski definition) is 1. The van der Waals surface area contributed by atoms with Gasteiger partial charge in [-0.15, -0.1) is 11.8 Å². The first kappa shape index (κ1) is 14.4. The Morgan fingerprint density at radius 2 is 1.76 bits per heavy atom. The normalized spacial score (nSPS) is 21.8. The minimum atomic E-state index is -0.509. The molecule has 21 heavy (non-hydrogen) atoms. The molecule has 2 atom stereocenters. The quantitative estimate of drug-likeness (QED) is 0.902. The zero-order chi connectivity index (χ0) is 14.9. The molecule has 108 valence electrons. The van der Waals surface area contributed by atoms with Crippen LogP contribution >= 0.6 is 11.8 Å². The van der Waals surface area contributed by atoms with E-state index in [2.05, 4.69) is 25.3 Å². The van der Waals surface area contributed by atoms with Crippen LogP contribution < -0.4 is 0 Å². The van der Waals surface area contributed by atoms with Crippen LogP contribution in [-0.4, -0.2) is 17.1 Å². The molecule has 3 rings (SSSR count). The number of hydrogen-bond acceptors (Lipinski definition) is 3. The highest BCUT2D eigenvalue weighted by Gasteiger charge is 2.39. The van der Waals surface area contributed by atoms with E-state index in [0.717, 1.165) is 17.0 Å². The average molecular weight is 297 g/mol. The summed E-state index contributed by atoms with van der Waals surface area (Å²) in [6.07, 6.45) is 2.16. The third-order valence-corrected chi connectivity index (χ3v) is 5.48. The van der Waals surface area contributed by atoms with Gasteiger partial charge in [-0.3, -0.25) is 4.99 Å². The molecule has 2 aromatic rings. The molecule has 0 radical (unpaired) electrons. The Morgan fingerprint density at radius 1 is 1.10 bits per heavy atom. The number of thioether (sulfide) groups is 1. The van der Waals surface area contributed by atoms with Crippen molar-refractivity contribution in [1.82, 2.24) is 0 Å². The number of aliphatic hydroxyl groups excluding tert-OH is 1. The van der Waals surface area contributed by atoms with Crippen molar-refractivity contribution < 1.29 is 5.11 Å². The summed E-state index contributed by atoms with van der Waals surface area (Å²) in [7, 11) is 0. The Labute approximate surface area is 129 Å². The van der Waals surface area contributed by atoms with Gasteiger partial charge in [0.1, 0.15) is 0 Å². The minimum absolute atomic E-state index is 0.146. The fraction of sp³-hybridized carbons (Fsp3) is 0.278. The summed E-state index contributed by atoms with van der Waals surface area (Å²) < 4.78 is -0.146. The summed E-state index contributed by atoms with van der Waals surface area (Å²) in [6.45, 7) is 2.19. The van der Waals surface area contributed by atoms with Crippen LogP contribution in [0.3, 0.4) is 0 Å². The SMILES string of the molecule is CSC1(C)C(CC(O)c2ccccc2)=Nc2ccccc21. The van der Waals surface area contributed by atoms with Crippen molar-refractivity contribution in [3.8, 4) is 0 Å². The van der Waals surface area contributed by atoms with Crippen molar-refractivity contribution in [3.05, 3.63) is 65.7 Å². The fourth-order valence-corrected chi connectivity index (χ4v) is 3.58. The molecule has 1 aliphatic rings. The van der Waals surface area contributed by atoms with Gasteiger partial charge in [0.25, 0.3) is 0 Å². The van der Waals surface area contributed by atoms with Crippen LogP contribution in [0.1, 0.15) is 30.6 Å². The first-order valence-electron chi connectivity index (χ1n) is 7.11. The van der Waals surface area contributed by atoms with Gasteiger partial charge in [0.15, 0.2) is 0 Å². The maximum atomic E-state index is 10.5. The number of aliphatic hydroxyl groups is 1. The summed E-state index contributed by atoms with van der Waals surface area (Å²) in [4.78, 5) is 4.78. The van der Waals surface area contributed by atoms with Gasteiger partial charge in [0.05, 0.1) is 16.5 Å². The lowest BCUT2D eigenvalue weighted by molar-refractivity contribution is 0.185. The van der Waals surface area contributed by atoms with Gasteiger partial charge in [-0.2, -0.15) is 0 Å². The van der Waals surface area contributed by atoms with Crippen LogP contribution in [0.4, 0.5) is 5.69 Å². The summed E-state index contributed by atoms with van der Waals surface area (Å²) in [5, 5.41) is 10.5. The smallest absolute Gasteiger partial charge is 0.0842 e. The summed E-state index contributed by atoms with van der Waals surface area (Å²) in [6, 6.07) is 18.1. The Hall–Kier alpha value is -1.58. The predicted molar refractivity (Wildman–Crippen MR) is 90.4 cm³/mol. The molecule has 0 aromatic heterocycles. The van der Waals surface area contributed by atoms with Crippen LogP contribution in [0.5, 0.6) is 0 Å². The van der Waals surface area contributed by atoms with Crippen molar-refractivity contribution in [1.29, 1.82) is 0 Å². The standard InChI is InChI=1S/C18H19NOS/c1-18(21-2)14-10-6-7-11-15(14)19-17(18)12-16(20)13-8-4-3-5-9-13/h3-11,16,20H,12H2,1-2H3. The minimum Gasteiger partial charge on any atom is -0.388 e. The van der Waals surface area contributed by atoms with E-state index in [1.165, 1.54) is 5.56 Å². The molecule has 0 bridgehead atoms. The topological polar surface area (TPSA) is 32.6 Å². The Balaban J connectivity index is 1.90. The Morgan fingerprint density at radius 3 is 2.48 bits per heavy atom. The largest absolute Gasteiger partial charge is 0.388 e. The van der Waals surface area contributed by atoms with E-state index >= 15 is 0 Å². The van der Waals surface area contributed by atoms with Crippen LogP contribution in [0.25, 0.3) is 0 Å². The molecule has 2 nitrogen and oxygen atoms in total. The number of nitrogens with zero attached hydrogens (tertiary/aromatic N) is 1. The molecular formula is C18H19NOS. The van der Waals surface area contributed by atoms with Gasteiger partial charge in [0.2, 0.25) is 0 Å². The molecule has 0 saturated carbocycles. The lowest BCUT2D eigenvalue weighted by Crippen LogP contribution is -2.27. The van der Waals surface area contributed by atoms with Crippen molar-refractivity contribution in [2.45, 2.75) is 24.2 Å². The zero-order valence-electron chi connectivity index (χ0n) is 12.3. The molecule has 0 spiro atoms. The van der Waals surface area contributed by atoms with E-state index in [9.17, 15) is 5.11 Å². The molecule has 2 unspecified atom stereocenters. The Bertz CT molecular complexity index is 668. The first-order valence-corrected chi connectivity index (χ1v) is 8.33. The molecule has 1 heterocycles. The molecule has 1 N–H and O–H groups in total. The van der Waals surface area contributed by atoms with Crippen LogP contribution in [0.15, 0.2) is 59.6 Å². The second-order valence-electron chi connectivity index (χ2n) is 5.44. The lowest BCUT2D eigenvalue weighted by Gasteiger charge is -2.26. The summed E-state index contributed by atoms with van der Waals surface area (Å²) >= 11 is 1.78. The molecule has 0 aliphatic carbocycles. The molecule has 2 aromatic carbocycles. The summed E-state index contributed by atoms with van der Waals surface area (Å²) in [5.41, 5.74) is 4.27. The maximum absolute atomic E-state index is 10.5. The molecule has 1 aliphatic heterocycles.